The number of carbonyl (C=O) groups excluding carboxylic acids is 7. The van der Waals surface area contributed by atoms with Gasteiger partial charge in [-0.3, -0.25) is 33.6 Å². The molecule has 0 aromatic carbocycles. The Hall–Kier alpha value is -3.79. The number of hydrogen-bond donors (Lipinski definition) is 8. The van der Waals surface area contributed by atoms with E-state index in [0.717, 1.165) is 19.3 Å². The minimum absolute atomic E-state index is 0.0730. The maximum Gasteiger partial charge on any atom is 0.248 e. The van der Waals surface area contributed by atoms with Crippen LogP contribution in [-0.4, -0.2) is 111 Å². The van der Waals surface area contributed by atoms with E-state index in [1.54, 1.807) is 27.7 Å². The molecule has 6 atom stereocenters. The summed E-state index contributed by atoms with van der Waals surface area (Å²) in [5, 5.41) is 34.1. The molecule has 0 aliphatic carbocycles. The van der Waals surface area contributed by atoms with Crippen LogP contribution in [-0.2, 0) is 33.6 Å². The molecular formula is C45H83N7O9. The lowest BCUT2D eigenvalue weighted by Gasteiger charge is -2.34. The highest BCUT2D eigenvalue weighted by molar-refractivity contribution is 5.97. The number of aliphatic hydroxyl groups is 2. The van der Waals surface area contributed by atoms with Crippen LogP contribution in [0.1, 0.15) is 171 Å². The second-order valence-corrected chi connectivity index (χ2v) is 18.8. The van der Waals surface area contributed by atoms with E-state index in [-0.39, 0.29) is 63.0 Å². The maximum atomic E-state index is 13.9. The topological polar surface area (TPSA) is 249 Å². The Morgan fingerprint density at radius 2 is 1.25 bits per heavy atom. The number of hydrogen-bond acceptors (Lipinski definition) is 9. The molecule has 61 heavy (non-hydrogen) atoms. The third kappa shape index (κ3) is 21.7. The number of nitrogens with two attached hydrogens (primary N) is 1. The molecule has 1 fully saturated rings. The molecule has 16 heteroatoms. The van der Waals surface area contributed by atoms with Gasteiger partial charge in [0.1, 0.15) is 29.7 Å². The van der Waals surface area contributed by atoms with Gasteiger partial charge in [0.25, 0.3) is 0 Å². The second-order valence-electron chi connectivity index (χ2n) is 18.8. The zero-order valence-electron chi connectivity index (χ0n) is 38.9. The first-order valence-electron chi connectivity index (χ1n) is 23.0. The number of nitrogens with zero attached hydrogens (tertiary/aromatic N) is 1. The summed E-state index contributed by atoms with van der Waals surface area (Å²) >= 11 is 0. The Labute approximate surface area is 365 Å². The number of primary amides is 1. The Balaban J connectivity index is 2.99. The average molecular weight is 866 g/mol. The van der Waals surface area contributed by atoms with Gasteiger partial charge < -0.3 is 47.4 Å². The molecule has 0 spiro atoms. The molecule has 1 unspecified atom stereocenters. The molecule has 1 heterocycles. The molecule has 0 aromatic rings. The molecule has 9 N–H and O–H groups in total. The molecule has 16 nitrogen and oxygen atoms in total. The molecule has 7 amide bonds. The van der Waals surface area contributed by atoms with Gasteiger partial charge in [-0.15, -0.1) is 0 Å². The van der Waals surface area contributed by atoms with Crippen LogP contribution in [0.15, 0.2) is 0 Å². The van der Waals surface area contributed by atoms with Crippen molar-refractivity contribution < 1.29 is 43.8 Å². The lowest BCUT2D eigenvalue weighted by atomic mass is 9.98. The van der Waals surface area contributed by atoms with Crippen LogP contribution >= 0.6 is 0 Å². The van der Waals surface area contributed by atoms with Crippen molar-refractivity contribution in [1.82, 2.24) is 31.5 Å². The van der Waals surface area contributed by atoms with Crippen LogP contribution in [0.5, 0.6) is 0 Å². The maximum absolute atomic E-state index is 13.9. The molecular weight excluding hydrogens is 783 g/mol. The van der Waals surface area contributed by atoms with Gasteiger partial charge in [-0.1, -0.05) is 113 Å². The minimum Gasteiger partial charge on any atom is -0.394 e. The number of carbonyl (C=O) groups is 7. The number of unbranched alkanes of at least 4 members (excludes halogenated alkanes) is 10. The lowest BCUT2D eigenvalue weighted by molar-refractivity contribution is -0.145. The lowest BCUT2D eigenvalue weighted by Crippen LogP contribution is -2.61. The third-order valence-electron chi connectivity index (χ3n) is 11.1. The van der Waals surface area contributed by atoms with Crippen molar-refractivity contribution in [3.63, 3.8) is 0 Å². The van der Waals surface area contributed by atoms with Gasteiger partial charge in [0.2, 0.25) is 41.4 Å². The summed E-state index contributed by atoms with van der Waals surface area (Å²) in [5.41, 5.74) is 3.98. The summed E-state index contributed by atoms with van der Waals surface area (Å²) in [4.78, 5) is 94.5. The van der Waals surface area contributed by atoms with Crippen LogP contribution in [0.25, 0.3) is 0 Å². The van der Waals surface area contributed by atoms with Crippen LogP contribution < -0.4 is 32.3 Å². The predicted octanol–water partition coefficient (Wildman–Crippen LogP) is 3.49. The number of amides is 7. The summed E-state index contributed by atoms with van der Waals surface area (Å²) in [5.74, 6) is -4.53. The van der Waals surface area contributed by atoms with Crippen molar-refractivity contribution in [3.05, 3.63) is 0 Å². The number of aliphatic hydroxyl groups excluding tert-OH is 2. The summed E-state index contributed by atoms with van der Waals surface area (Å²) in [6.07, 6.45) is 12.2. The monoisotopic (exact) mass is 866 g/mol. The van der Waals surface area contributed by atoms with Crippen molar-refractivity contribution in [2.75, 3.05) is 13.2 Å². The predicted molar refractivity (Wildman–Crippen MR) is 236 cm³/mol. The van der Waals surface area contributed by atoms with Crippen molar-refractivity contribution in [2.45, 2.75) is 213 Å². The van der Waals surface area contributed by atoms with Crippen LogP contribution in [0.3, 0.4) is 0 Å². The van der Waals surface area contributed by atoms with Gasteiger partial charge in [0.05, 0.1) is 18.8 Å². The van der Waals surface area contributed by atoms with Crippen LogP contribution in [0, 0.1) is 17.8 Å². The van der Waals surface area contributed by atoms with Gasteiger partial charge in [0.15, 0.2) is 0 Å². The number of nitrogens with one attached hydrogen (secondary N) is 5. The number of likely N-dealkylation sites (tertiary alicyclic amines) is 1. The van der Waals surface area contributed by atoms with E-state index in [9.17, 15) is 43.8 Å². The van der Waals surface area contributed by atoms with Crippen LogP contribution in [0.2, 0.25) is 0 Å². The molecule has 1 aliphatic rings. The summed E-state index contributed by atoms with van der Waals surface area (Å²) in [6.45, 7) is 15.9. The van der Waals surface area contributed by atoms with Crippen LogP contribution in [0.4, 0.5) is 0 Å². The average Bonchev–Trinajstić information content (AvgIpc) is 3.56. The van der Waals surface area contributed by atoms with Crippen molar-refractivity contribution >= 4 is 41.4 Å². The molecule has 0 bridgehead atoms. The zero-order chi connectivity index (χ0) is 46.3. The highest BCUT2D eigenvalue weighted by Gasteiger charge is 2.45. The Kier molecular flexibility index (Phi) is 26.0. The van der Waals surface area contributed by atoms with Gasteiger partial charge >= 0.3 is 0 Å². The number of β-amino-alcohol motifs (C(OH)–C–C–N with tert-alkyl or cyclic N) is 1. The molecule has 0 radical (unpaired) electrons. The zero-order valence-corrected chi connectivity index (χ0v) is 38.9. The standard InChI is InChI=1S/C45H83N7O9/c1-10-11-12-13-14-15-16-17-18-19-20-21-38(56)51-45(8,9)44(61)52-27-33(54)26-36(52)42(59)49-35(25-30(4)5)41(58)50-39(31(6)7)43(60)48-34(22-23-37(46)55)40(57)47-32(28-53)24-29(2)3/h29-36,39,53-54H,10-28H2,1-9H3,(H2,46,55)(H,47,57)(H,48,60)(H,49,59)(H,50,58)(H,51,56)/t32-,33-,34-,35-,36?,39-/m0/s1. The fraction of sp³-hybridized carbons (Fsp3) is 0.844. The van der Waals surface area contributed by atoms with E-state index in [1.807, 2.05) is 27.7 Å². The summed E-state index contributed by atoms with van der Waals surface area (Å²) < 4.78 is 0. The first-order valence-corrected chi connectivity index (χ1v) is 23.0. The highest BCUT2D eigenvalue weighted by atomic mass is 16.3. The first-order chi connectivity index (χ1) is 28.6. The Morgan fingerprint density at radius 3 is 1.75 bits per heavy atom. The van der Waals surface area contributed by atoms with Crippen molar-refractivity contribution in [3.8, 4) is 0 Å². The summed E-state index contributed by atoms with van der Waals surface area (Å²) in [6, 6.07) is -5.19. The molecule has 1 aliphatic heterocycles. The van der Waals surface area contributed by atoms with Crippen molar-refractivity contribution in [2.24, 2.45) is 23.5 Å². The van der Waals surface area contributed by atoms with Gasteiger partial charge in [0, 0.05) is 25.8 Å². The Morgan fingerprint density at radius 1 is 0.705 bits per heavy atom. The van der Waals surface area contributed by atoms with Gasteiger partial charge in [-0.25, -0.2) is 0 Å². The quantitative estimate of drug-likeness (QED) is 0.0475. The fourth-order valence-corrected chi connectivity index (χ4v) is 7.69. The third-order valence-corrected chi connectivity index (χ3v) is 11.1. The smallest absolute Gasteiger partial charge is 0.248 e. The fourth-order valence-electron chi connectivity index (χ4n) is 7.69. The number of rotatable bonds is 31. The van der Waals surface area contributed by atoms with E-state index in [1.165, 1.54) is 49.8 Å². The van der Waals surface area contributed by atoms with E-state index in [0.29, 0.717) is 12.8 Å². The molecule has 352 valence electrons. The van der Waals surface area contributed by atoms with Gasteiger partial charge in [-0.2, -0.15) is 0 Å². The van der Waals surface area contributed by atoms with E-state index in [4.69, 9.17) is 5.73 Å². The van der Waals surface area contributed by atoms with E-state index in [2.05, 4.69) is 33.5 Å². The summed E-state index contributed by atoms with van der Waals surface area (Å²) in [7, 11) is 0. The highest BCUT2D eigenvalue weighted by Crippen LogP contribution is 2.23. The van der Waals surface area contributed by atoms with Gasteiger partial charge in [-0.05, 0) is 57.3 Å². The van der Waals surface area contributed by atoms with Crippen molar-refractivity contribution in [1.29, 1.82) is 0 Å². The Bertz CT molecular complexity index is 1390. The first kappa shape index (κ1) is 55.2. The minimum atomic E-state index is -1.37. The molecule has 1 saturated heterocycles. The second kappa shape index (κ2) is 28.7. The molecule has 1 rings (SSSR count). The van der Waals surface area contributed by atoms with E-state index >= 15 is 0 Å². The largest absolute Gasteiger partial charge is 0.394 e. The molecule has 0 aromatic heterocycles. The SMILES string of the molecule is CCCCCCCCCCCCCC(=O)NC(C)(C)C(=O)N1C[C@@H](O)CC1C(=O)N[C@@H](CC(C)C)C(=O)N[C@H](C(=O)N[C@@H](CCC(N)=O)C(=O)N[C@H](CO)CC(C)C)C(C)C. The van der Waals surface area contributed by atoms with E-state index < -0.39 is 83.2 Å². The molecule has 0 saturated carbocycles. The normalized spacial score (nSPS) is 17.4.